The Morgan fingerprint density at radius 3 is 2.88 bits per heavy atom. The minimum absolute atomic E-state index is 0.0493. The van der Waals surface area contributed by atoms with Gasteiger partial charge >= 0.3 is 0 Å². The van der Waals surface area contributed by atoms with E-state index < -0.39 is 0 Å². The van der Waals surface area contributed by atoms with Crippen LogP contribution < -0.4 is 10.6 Å². The minimum atomic E-state index is 0.0493. The molecular formula is C12H16ClN3O. The smallest absolute Gasteiger partial charge is 0.173 e. The molecule has 0 radical (unpaired) electrons. The summed E-state index contributed by atoms with van der Waals surface area (Å²) in [4.78, 5) is 2.11. The van der Waals surface area contributed by atoms with Crippen molar-refractivity contribution in [3.05, 3.63) is 28.8 Å². The lowest BCUT2D eigenvalue weighted by Crippen LogP contribution is -2.25. The molecule has 0 bridgehead atoms. The van der Waals surface area contributed by atoms with Crippen LogP contribution in [0.4, 0.5) is 5.69 Å². The van der Waals surface area contributed by atoms with E-state index in [1.54, 1.807) is 6.07 Å². The maximum Gasteiger partial charge on any atom is 0.173 e. The van der Waals surface area contributed by atoms with Crippen LogP contribution >= 0.6 is 11.6 Å². The number of hydrogen-bond acceptors (Lipinski definition) is 3. The Balaban J connectivity index is 2.34. The topological polar surface area (TPSA) is 61.8 Å². The van der Waals surface area contributed by atoms with Crippen molar-refractivity contribution >= 4 is 23.1 Å². The molecule has 2 rings (SSSR count). The standard InChI is InChI=1S/C12H16ClN3O/c1-16(7-8-5-6-8)10-4-2-3-9(13)11(10)12(14)15-17/h2-4,8,17H,5-7H2,1H3,(H2,14,15). The molecule has 0 saturated heterocycles. The molecule has 1 saturated carbocycles. The summed E-state index contributed by atoms with van der Waals surface area (Å²) in [5.41, 5.74) is 7.17. The average Bonchev–Trinajstić information content (AvgIpc) is 3.11. The van der Waals surface area contributed by atoms with Gasteiger partial charge in [0.05, 0.1) is 10.6 Å². The van der Waals surface area contributed by atoms with Gasteiger partial charge in [0, 0.05) is 19.3 Å². The molecule has 0 spiro atoms. The van der Waals surface area contributed by atoms with E-state index in [4.69, 9.17) is 22.5 Å². The van der Waals surface area contributed by atoms with Crippen molar-refractivity contribution in [2.24, 2.45) is 16.8 Å². The first kappa shape index (κ1) is 12.0. The van der Waals surface area contributed by atoms with Crippen LogP contribution in [0.25, 0.3) is 0 Å². The van der Waals surface area contributed by atoms with E-state index in [9.17, 15) is 0 Å². The fraction of sp³-hybridized carbons (Fsp3) is 0.417. The summed E-state index contributed by atoms with van der Waals surface area (Å²) >= 11 is 6.10. The molecule has 0 atom stereocenters. The Kier molecular flexibility index (Phi) is 3.43. The number of nitrogens with two attached hydrogens (primary N) is 1. The van der Waals surface area contributed by atoms with Gasteiger partial charge in [-0.3, -0.25) is 0 Å². The predicted molar refractivity (Wildman–Crippen MR) is 70.0 cm³/mol. The van der Waals surface area contributed by atoms with Gasteiger partial charge in [0.1, 0.15) is 0 Å². The molecule has 1 aromatic rings. The van der Waals surface area contributed by atoms with Crippen LogP contribution in [0.15, 0.2) is 23.4 Å². The van der Waals surface area contributed by atoms with Crippen LogP contribution in [0.1, 0.15) is 18.4 Å². The normalized spacial score (nSPS) is 16.0. The van der Waals surface area contributed by atoms with Crippen LogP contribution in [0.5, 0.6) is 0 Å². The highest BCUT2D eigenvalue weighted by atomic mass is 35.5. The predicted octanol–water partition coefficient (Wildman–Crippen LogP) is 2.28. The maximum absolute atomic E-state index is 8.80. The number of nitrogens with zero attached hydrogens (tertiary/aromatic N) is 2. The molecular weight excluding hydrogens is 238 g/mol. The third-order valence-electron chi connectivity index (χ3n) is 3.00. The van der Waals surface area contributed by atoms with Crippen molar-refractivity contribution in [1.29, 1.82) is 0 Å². The number of rotatable bonds is 4. The number of halogens is 1. The molecule has 0 aromatic heterocycles. The van der Waals surface area contributed by atoms with Gasteiger partial charge in [-0.05, 0) is 30.9 Å². The van der Waals surface area contributed by atoms with Crippen LogP contribution in [0, 0.1) is 5.92 Å². The SMILES string of the molecule is CN(CC1CC1)c1cccc(Cl)c1C(N)=NO. The zero-order valence-electron chi connectivity index (χ0n) is 9.73. The van der Waals surface area contributed by atoms with E-state index in [1.807, 2.05) is 19.2 Å². The Morgan fingerprint density at radius 2 is 2.29 bits per heavy atom. The van der Waals surface area contributed by atoms with Gasteiger partial charge in [-0.15, -0.1) is 0 Å². The highest BCUT2D eigenvalue weighted by Crippen LogP contribution is 2.33. The first-order chi connectivity index (χ1) is 8.13. The van der Waals surface area contributed by atoms with Gasteiger partial charge in [0.2, 0.25) is 0 Å². The third-order valence-corrected chi connectivity index (χ3v) is 3.31. The number of benzene rings is 1. The first-order valence-corrected chi connectivity index (χ1v) is 5.99. The van der Waals surface area contributed by atoms with Crippen molar-refractivity contribution in [2.75, 3.05) is 18.5 Å². The van der Waals surface area contributed by atoms with Crippen LogP contribution in [-0.4, -0.2) is 24.6 Å². The Labute approximate surface area is 106 Å². The number of hydrogen-bond donors (Lipinski definition) is 2. The molecule has 1 aliphatic rings. The molecule has 1 aliphatic carbocycles. The number of oxime groups is 1. The molecule has 0 amide bonds. The van der Waals surface area contributed by atoms with Crippen LogP contribution in [0.3, 0.4) is 0 Å². The van der Waals surface area contributed by atoms with Crippen molar-refractivity contribution in [2.45, 2.75) is 12.8 Å². The monoisotopic (exact) mass is 253 g/mol. The van der Waals surface area contributed by atoms with Crippen LogP contribution in [-0.2, 0) is 0 Å². The Morgan fingerprint density at radius 1 is 1.59 bits per heavy atom. The van der Waals surface area contributed by atoms with E-state index in [0.717, 1.165) is 18.2 Å². The van der Waals surface area contributed by atoms with E-state index >= 15 is 0 Å². The summed E-state index contributed by atoms with van der Waals surface area (Å²) in [5.74, 6) is 0.812. The quantitative estimate of drug-likeness (QED) is 0.375. The number of amidine groups is 1. The van der Waals surface area contributed by atoms with Gasteiger partial charge in [0.15, 0.2) is 5.84 Å². The molecule has 17 heavy (non-hydrogen) atoms. The lowest BCUT2D eigenvalue weighted by molar-refractivity contribution is 0.318. The summed E-state index contributed by atoms with van der Waals surface area (Å²) in [6.45, 7) is 0.978. The zero-order valence-corrected chi connectivity index (χ0v) is 10.5. The van der Waals surface area contributed by atoms with Gasteiger partial charge < -0.3 is 15.8 Å². The van der Waals surface area contributed by atoms with E-state index in [0.29, 0.717) is 10.6 Å². The van der Waals surface area contributed by atoms with Gasteiger partial charge in [-0.1, -0.05) is 22.8 Å². The Hall–Kier alpha value is -1.42. The summed E-state index contributed by atoms with van der Waals surface area (Å²) in [6.07, 6.45) is 2.56. The van der Waals surface area contributed by atoms with E-state index in [1.165, 1.54) is 12.8 Å². The molecule has 3 N–H and O–H groups in total. The second-order valence-corrected chi connectivity index (χ2v) is 4.85. The highest BCUT2D eigenvalue weighted by Gasteiger charge is 2.24. The van der Waals surface area contributed by atoms with E-state index in [2.05, 4.69) is 10.1 Å². The summed E-state index contributed by atoms with van der Waals surface area (Å²) < 4.78 is 0. The van der Waals surface area contributed by atoms with Crippen molar-refractivity contribution < 1.29 is 5.21 Å². The molecule has 0 heterocycles. The van der Waals surface area contributed by atoms with Crippen LogP contribution in [0.2, 0.25) is 5.02 Å². The lowest BCUT2D eigenvalue weighted by atomic mass is 10.1. The van der Waals surface area contributed by atoms with E-state index in [-0.39, 0.29) is 5.84 Å². The van der Waals surface area contributed by atoms with Crippen molar-refractivity contribution in [3.63, 3.8) is 0 Å². The molecule has 1 fully saturated rings. The second-order valence-electron chi connectivity index (χ2n) is 4.44. The first-order valence-electron chi connectivity index (χ1n) is 5.61. The summed E-state index contributed by atoms with van der Waals surface area (Å²) in [7, 11) is 2.00. The molecule has 0 aliphatic heterocycles. The summed E-state index contributed by atoms with van der Waals surface area (Å²) in [5, 5.41) is 12.3. The largest absolute Gasteiger partial charge is 0.409 e. The fourth-order valence-corrected chi connectivity index (χ4v) is 2.19. The molecule has 5 heteroatoms. The molecule has 0 unspecified atom stereocenters. The molecule has 1 aromatic carbocycles. The average molecular weight is 254 g/mol. The lowest BCUT2D eigenvalue weighted by Gasteiger charge is -2.22. The maximum atomic E-state index is 8.80. The molecule has 92 valence electrons. The zero-order chi connectivity index (χ0) is 12.4. The Bertz CT molecular complexity index is 443. The second kappa shape index (κ2) is 4.84. The van der Waals surface area contributed by atoms with Crippen molar-refractivity contribution in [1.82, 2.24) is 0 Å². The van der Waals surface area contributed by atoms with Gasteiger partial charge in [-0.2, -0.15) is 0 Å². The summed E-state index contributed by atoms with van der Waals surface area (Å²) in [6, 6.07) is 5.54. The minimum Gasteiger partial charge on any atom is -0.409 e. The van der Waals surface area contributed by atoms with Gasteiger partial charge in [-0.25, -0.2) is 0 Å². The molecule has 4 nitrogen and oxygen atoms in total. The van der Waals surface area contributed by atoms with Gasteiger partial charge in [0.25, 0.3) is 0 Å². The van der Waals surface area contributed by atoms with Crippen molar-refractivity contribution in [3.8, 4) is 0 Å². The number of anilines is 1. The highest BCUT2D eigenvalue weighted by molar-refractivity contribution is 6.34. The third kappa shape index (κ3) is 2.64. The fourth-order valence-electron chi connectivity index (χ4n) is 1.92.